The van der Waals surface area contributed by atoms with Crippen LogP contribution < -0.4 is 5.32 Å². The van der Waals surface area contributed by atoms with E-state index >= 15 is 0 Å². The van der Waals surface area contributed by atoms with Gasteiger partial charge in [-0.1, -0.05) is 45.4 Å². The predicted octanol–water partition coefficient (Wildman–Crippen LogP) is 4.68. The second-order valence-corrected chi connectivity index (χ2v) is 7.08. The third-order valence-corrected chi connectivity index (χ3v) is 4.30. The van der Waals surface area contributed by atoms with Crippen LogP contribution in [0.2, 0.25) is 0 Å². The van der Waals surface area contributed by atoms with Crippen molar-refractivity contribution in [3.63, 3.8) is 0 Å². The van der Waals surface area contributed by atoms with E-state index in [2.05, 4.69) is 56.3 Å². The number of fused-ring (bicyclic) bond motifs is 2. The molecule has 0 saturated carbocycles. The molecule has 1 N–H and O–H groups in total. The fourth-order valence-corrected chi connectivity index (χ4v) is 3.03. The Hall–Kier alpha value is -2.43. The molecule has 0 bridgehead atoms. The topological polar surface area (TPSA) is 59.8 Å². The number of pyridine rings is 1. The Labute approximate surface area is 148 Å². The van der Waals surface area contributed by atoms with Crippen molar-refractivity contribution in [2.45, 2.75) is 53.5 Å². The molecule has 0 aliphatic carbocycles. The zero-order valence-electron chi connectivity index (χ0n) is 15.5. The lowest BCUT2D eigenvalue weighted by Gasteiger charge is -2.06. The highest BCUT2D eigenvalue weighted by molar-refractivity contribution is 6.03. The molecule has 5 heteroatoms. The zero-order valence-corrected chi connectivity index (χ0v) is 15.5. The first-order valence-electron chi connectivity index (χ1n) is 9.06. The standard InChI is InChI=1S/C20H26N4O/c1-5-6-10-17(25)21-19-16-11-15-9-7-8-14(4)18(15)22-20(16)24(23-19)12-13(2)3/h7-9,11,13H,5-6,10,12H2,1-4H3,(H,21,23,25). The van der Waals surface area contributed by atoms with Crippen LogP contribution in [0.1, 0.15) is 45.6 Å². The van der Waals surface area contributed by atoms with E-state index < -0.39 is 0 Å². The van der Waals surface area contributed by atoms with Crippen molar-refractivity contribution in [3.8, 4) is 0 Å². The Kier molecular flexibility index (Phi) is 5.02. The van der Waals surface area contributed by atoms with Crippen molar-refractivity contribution in [1.29, 1.82) is 0 Å². The Balaban J connectivity index is 2.11. The summed E-state index contributed by atoms with van der Waals surface area (Å²) < 4.78 is 1.92. The van der Waals surface area contributed by atoms with Gasteiger partial charge in [0.15, 0.2) is 11.5 Å². The van der Waals surface area contributed by atoms with Gasteiger partial charge in [0.25, 0.3) is 0 Å². The fraction of sp³-hybridized carbons (Fsp3) is 0.450. The summed E-state index contributed by atoms with van der Waals surface area (Å²) in [4.78, 5) is 17.1. The summed E-state index contributed by atoms with van der Waals surface area (Å²) in [6, 6.07) is 8.24. The summed E-state index contributed by atoms with van der Waals surface area (Å²) in [7, 11) is 0. The number of aryl methyl sites for hydroxylation is 1. The van der Waals surface area contributed by atoms with Crippen LogP contribution in [-0.2, 0) is 11.3 Å². The van der Waals surface area contributed by atoms with E-state index in [4.69, 9.17) is 4.98 Å². The van der Waals surface area contributed by atoms with Gasteiger partial charge >= 0.3 is 0 Å². The van der Waals surface area contributed by atoms with Gasteiger partial charge in [-0.2, -0.15) is 5.10 Å². The van der Waals surface area contributed by atoms with E-state index in [9.17, 15) is 4.79 Å². The first-order chi connectivity index (χ1) is 12.0. The Morgan fingerprint density at radius 3 is 2.84 bits per heavy atom. The number of anilines is 1. The van der Waals surface area contributed by atoms with Gasteiger partial charge < -0.3 is 5.32 Å². The van der Waals surface area contributed by atoms with Gasteiger partial charge in [-0.25, -0.2) is 9.67 Å². The summed E-state index contributed by atoms with van der Waals surface area (Å²) in [5.74, 6) is 1.08. The molecule has 0 spiro atoms. The van der Waals surface area contributed by atoms with Crippen molar-refractivity contribution in [2.24, 2.45) is 5.92 Å². The molecule has 2 aromatic heterocycles. The second-order valence-electron chi connectivity index (χ2n) is 7.08. The number of amides is 1. The highest BCUT2D eigenvalue weighted by Crippen LogP contribution is 2.28. The minimum absolute atomic E-state index is 0.0160. The molecular weight excluding hydrogens is 312 g/mol. The highest BCUT2D eigenvalue weighted by Gasteiger charge is 2.16. The average Bonchev–Trinajstić information content (AvgIpc) is 2.88. The molecule has 2 heterocycles. The maximum absolute atomic E-state index is 12.2. The molecule has 1 amide bonds. The summed E-state index contributed by atoms with van der Waals surface area (Å²) >= 11 is 0. The van der Waals surface area contributed by atoms with Crippen LogP contribution in [0, 0.1) is 12.8 Å². The van der Waals surface area contributed by atoms with Crippen LogP contribution in [0.25, 0.3) is 21.9 Å². The van der Waals surface area contributed by atoms with E-state index in [0.717, 1.165) is 46.9 Å². The molecule has 1 aromatic carbocycles. The first-order valence-corrected chi connectivity index (χ1v) is 9.06. The maximum atomic E-state index is 12.2. The number of para-hydroxylation sites is 1. The molecule has 0 aliphatic heterocycles. The number of hydrogen-bond donors (Lipinski definition) is 1. The van der Waals surface area contributed by atoms with Crippen LogP contribution in [-0.4, -0.2) is 20.7 Å². The third kappa shape index (κ3) is 3.65. The molecule has 3 rings (SSSR count). The quantitative estimate of drug-likeness (QED) is 0.710. The molecule has 5 nitrogen and oxygen atoms in total. The molecule has 0 aliphatic rings. The lowest BCUT2D eigenvalue weighted by atomic mass is 10.1. The predicted molar refractivity (Wildman–Crippen MR) is 103 cm³/mol. The average molecular weight is 338 g/mol. The molecule has 132 valence electrons. The summed E-state index contributed by atoms with van der Waals surface area (Å²) in [5.41, 5.74) is 2.97. The molecule has 0 radical (unpaired) electrons. The molecule has 0 atom stereocenters. The van der Waals surface area contributed by atoms with Crippen LogP contribution >= 0.6 is 0 Å². The molecule has 0 fully saturated rings. The number of benzene rings is 1. The number of carbonyl (C=O) groups excluding carboxylic acids is 1. The number of nitrogens with one attached hydrogen (secondary N) is 1. The van der Waals surface area contributed by atoms with Crippen LogP contribution in [0.5, 0.6) is 0 Å². The van der Waals surface area contributed by atoms with E-state index in [0.29, 0.717) is 18.2 Å². The monoisotopic (exact) mass is 338 g/mol. The maximum Gasteiger partial charge on any atom is 0.225 e. The van der Waals surface area contributed by atoms with Crippen LogP contribution in [0.15, 0.2) is 24.3 Å². The SMILES string of the molecule is CCCCC(=O)Nc1nn(CC(C)C)c2nc3c(C)cccc3cc12. The van der Waals surface area contributed by atoms with Gasteiger partial charge in [0.2, 0.25) is 5.91 Å². The molecular formula is C20H26N4O. The Bertz CT molecular complexity index is 911. The molecule has 25 heavy (non-hydrogen) atoms. The number of carbonyl (C=O) groups is 1. The van der Waals surface area contributed by atoms with Crippen molar-refractivity contribution >= 4 is 33.7 Å². The number of aromatic nitrogens is 3. The molecule has 0 unspecified atom stereocenters. The number of hydrogen-bond acceptors (Lipinski definition) is 3. The van der Waals surface area contributed by atoms with Crippen molar-refractivity contribution in [1.82, 2.24) is 14.8 Å². The molecule has 3 aromatic rings. The minimum atomic E-state index is 0.0160. The van der Waals surface area contributed by atoms with Gasteiger partial charge in [-0.15, -0.1) is 0 Å². The van der Waals surface area contributed by atoms with E-state index in [1.807, 2.05) is 10.7 Å². The molecule has 0 saturated heterocycles. The summed E-state index contributed by atoms with van der Waals surface area (Å²) in [6.45, 7) is 9.22. The van der Waals surface area contributed by atoms with Gasteiger partial charge in [-0.3, -0.25) is 4.79 Å². The highest BCUT2D eigenvalue weighted by atomic mass is 16.1. The van der Waals surface area contributed by atoms with Crippen LogP contribution in [0.4, 0.5) is 5.82 Å². The van der Waals surface area contributed by atoms with Crippen molar-refractivity contribution in [2.75, 3.05) is 5.32 Å². The van der Waals surface area contributed by atoms with Crippen molar-refractivity contribution < 1.29 is 4.79 Å². The second kappa shape index (κ2) is 7.21. The van der Waals surface area contributed by atoms with Gasteiger partial charge in [0.1, 0.15) is 0 Å². The summed E-state index contributed by atoms with van der Waals surface area (Å²) in [5, 5.41) is 9.61. The minimum Gasteiger partial charge on any atom is -0.309 e. The zero-order chi connectivity index (χ0) is 18.0. The number of unbranched alkanes of at least 4 members (excludes halogenated alkanes) is 1. The van der Waals surface area contributed by atoms with Gasteiger partial charge in [0, 0.05) is 18.4 Å². The first kappa shape index (κ1) is 17.4. The normalized spacial score (nSPS) is 11.6. The van der Waals surface area contributed by atoms with Gasteiger partial charge in [-0.05, 0) is 30.9 Å². The van der Waals surface area contributed by atoms with E-state index in [-0.39, 0.29) is 5.91 Å². The lowest BCUT2D eigenvalue weighted by molar-refractivity contribution is -0.116. The fourth-order valence-electron chi connectivity index (χ4n) is 3.03. The smallest absolute Gasteiger partial charge is 0.225 e. The van der Waals surface area contributed by atoms with Gasteiger partial charge in [0.05, 0.1) is 10.9 Å². The lowest BCUT2D eigenvalue weighted by Crippen LogP contribution is -2.12. The third-order valence-electron chi connectivity index (χ3n) is 4.30. The van der Waals surface area contributed by atoms with E-state index in [1.54, 1.807) is 0 Å². The van der Waals surface area contributed by atoms with Crippen molar-refractivity contribution in [3.05, 3.63) is 29.8 Å². The number of nitrogens with zero attached hydrogens (tertiary/aromatic N) is 3. The summed E-state index contributed by atoms with van der Waals surface area (Å²) in [6.07, 6.45) is 2.41. The van der Waals surface area contributed by atoms with E-state index in [1.165, 1.54) is 0 Å². The number of rotatable bonds is 6. The largest absolute Gasteiger partial charge is 0.309 e. The van der Waals surface area contributed by atoms with Crippen LogP contribution in [0.3, 0.4) is 0 Å². The Morgan fingerprint density at radius 1 is 1.32 bits per heavy atom. The Morgan fingerprint density at radius 2 is 2.12 bits per heavy atom.